The van der Waals surface area contributed by atoms with Crippen molar-refractivity contribution >= 4 is 22.1 Å². The molecule has 0 heterocycles. The molecule has 0 aliphatic heterocycles. The van der Waals surface area contributed by atoms with Gasteiger partial charge in [0, 0.05) is 6.54 Å². The van der Waals surface area contributed by atoms with Crippen LogP contribution in [0.1, 0.15) is 16.7 Å². The van der Waals surface area contributed by atoms with E-state index >= 15 is 0 Å². The molecule has 40 heavy (non-hydrogen) atoms. The molecule has 0 aliphatic carbocycles. The van der Waals surface area contributed by atoms with Gasteiger partial charge in [0.05, 0.1) is 24.8 Å². The summed E-state index contributed by atoms with van der Waals surface area (Å²) in [5.74, 6) is 0.645. The Morgan fingerprint density at radius 1 is 0.850 bits per heavy atom. The zero-order valence-electron chi connectivity index (χ0n) is 22.1. The van der Waals surface area contributed by atoms with Crippen LogP contribution in [-0.4, -0.2) is 45.0 Å². The van der Waals surface area contributed by atoms with Crippen molar-refractivity contribution in [3.05, 3.63) is 126 Å². The van der Waals surface area contributed by atoms with Crippen LogP contribution in [0.4, 0.5) is 0 Å². The lowest BCUT2D eigenvalue weighted by atomic mass is 10.1. The first-order valence-electron chi connectivity index (χ1n) is 12.7. The third-order valence-electron chi connectivity index (χ3n) is 6.02. The van der Waals surface area contributed by atoms with E-state index in [2.05, 4.69) is 10.5 Å². The minimum Gasteiger partial charge on any atom is -0.497 e. The Morgan fingerprint density at radius 3 is 2.20 bits per heavy atom. The normalized spacial score (nSPS) is 11.4. The van der Waals surface area contributed by atoms with Crippen LogP contribution >= 0.6 is 0 Å². The summed E-state index contributed by atoms with van der Waals surface area (Å²) in [5, 5.41) is 4.03. The van der Waals surface area contributed by atoms with Gasteiger partial charge in [-0.25, -0.2) is 13.8 Å². The molecular weight excluding hydrogens is 526 g/mol. The smallest absolute Gasteiger partial charge is 0.255 e. The third-order valence-corrected chi connectivity index (χ3v) is 7.88. The van der Waals surface area contributed by atoms with Gasteiger partial charge in [-0.05, 0) is 59.5 Å². The number of amides is 1. The van der Waals surface area contributed by atoms with Gasteiger partial charge in [0.2, 0.25) is 10.0 Å². The van der Waals surface area contributed by atoms with Crippen LogP contribution in [0.25, 0.3) is 0 Å². The number of carbonyl (C=O) groups is 1. The zero-order valence-corrected chi connectivity index (χ0v) is 23.0. The first kappa shape index (κ1) is 28.5. The van der Waals surface area contributed by atoms with Crippen molar-refractivity contribution in [2.24, 2.45) is 5.10 Å². The molecule has 206 valence electrons. The number of sulfonamides is 1. The van der Waals surface area contributed by atoms with Gasteiger partial charge in [0.1, 0.15) is 18.1 Å². The van der Waals surface area contributed by atoms with Gasteiger partial charge in [-0.15, -0.1) is 0 Å². The number of nitrogens with one attached hydrogen (secondary N) is 1. The average Bonchev–Trinajstić information content (AvgIpc) is 2.99. The SMILES string of the molecule is COc1ccc(S(=O)(=O)N(CCc2ccccc2)CC(=O)N/N=C\c2cccc(OCc3ccccc3)c2)cc1. The van der Waals surface area contributed by atoms with Crippen molar-refractivity contribution in [3.8, 4) is 11.5 Å². The molecule has 0 spiro atoms. The van der Waals surface area contributed by atoms with Gasteiger partial charge in [0.15, 0.2) is 0 Å². The lowest BCUT2D eigenvalue weighted by Crippen LogP contribution is -2.40. The highest BCUT2D eigenvalue weighted by Crippen LogP contribution is 2.20. The number of benzene rings is 4. The van der Waals surface area contributed by atoms with E-state index in [0.29, 0.717) is 24.5 Å². The number of methoxy groups -OCH3 is 1. The Kier molecular flexibility index (Phi) is 10.0. The first-order chi connectivity index (χ1) is 19.4. The maximum Gasteiger partial charge on any atom is 0.255 e. The molecule has 1 amide bonds. The Hall–Kier alpha value is -4.47. The summed E-state index contributed by atoms with van der Waals surface area (Å²) in [4.78, 5) is 12.9. The molecule has 9 heteroatoms. The molecule has 0 fully saturated rings. The second kappa shape index (κ2) is 14.1. The summed E-state index contributed by atoms with van der Waals surface area (Å²) in [6, 6.07) is 32.7. The Labute approximate surface area is 234 Å². The first-order valence-corrected chi connectivity index (χ1v) is 14.1. The molecule has 8 nitrogen and oxygen atoms in total. The topological polar surface area (TPSA) is 97.3 Å². The van der Waals surface area contributed by atoms with Crippen molar-refractivity contribution in [1.29, 1.82) is 0 Å². The van der Waals surface area contributed by atoms with Gasteiger partial charge in [0.25, 0.3) is 5.91 Å². The molecular formula is C31H31N3O5S. The number of carbonyl (C=O) groups excluding carboxylic acids is 1. The predicted molar refractivity (Wildman–Crippen MR) is 155 cm³/mol. The zero-order chi connectivity index (χ0) is 28.2. The van der Waals surface area contributed by atoms with E-state index in [1.54, 1.807) is 18.2 Å². The van der Waals surface area contributed by atoms with Crippen molar-refractivity contribution in [1.82, 2.24) is 9.73 Å². The van der Waals surface area contributed by atoms with E-state index in [1.165, 1.54) is 25.5 Å². The van der Waals surface area contributed by atoms with E-state index in [4.69, 9.17) is 9.47 Å². The fourth-order valence-corrected chi connectivity index (χ4v) is 5.28. The van der Waals surface area contributed by atoms with Crippen LogP contribution in [0.15, 0.2) is 119 Å². The van der Waals surface area contributed by atoms with E-state index < -0.39 is 22.5 Å². The molecule has 0 aromatic heterocycles. The summed E-state index contributed by atoms with van der Waals surface area (Å²) in [7, 11) is -2.45. The Bertz CT molecular complexity index is 1510. The number of hydrazone groups is 1. The fourth-order valence-electron chi connectivity index (χ4n) is 3.88. The number of rotatable bonds is 13. The largest absolute Gasteiger partial charge is 0.497 e. The van der Waals surface area contributed by atoms with Crippen LogP contribution in [0.3, 0.4) is 0 Å². The minimum absolute atomic E-state index is 0.0741. The molecule has 0 saturated carbocycles. The summed E-state index contributed by atoms with van der Waals surface area (Å²) in [6.45, 7) is 0.161. The van der Waals surface area contributed by atoms with Gasteiger partial charge in [-0.3, -0.25) is 4.79 Å². The highest BCUT2D eigenvalue weighted by Gasteiger charge is 2.26. The molecule has 0 radical (unpaired) electrons. The van der Waals surface area contributed by atoms with Gasteiger partial charge in [-0.1, -0.05) is 72.8 Å². The molecule has 4 aromatic rings. The molecule has 4 aromatic carbocycles. The second-order valence-corrected chi connectivity index (χ2v) is 10.8. The predicted octanol–water partition coefficient (Wildman–Crippen LogP) is 4.66. The highest BCUT2D eigenvalue weighted by atomic mass is 32.2. The minimum atomic E-state index is -3.95. The number of ether oxygens (including phenoxy) is 2. The van der Waals surface area contributed by atoms with Crippen molar-refractivity contribution in [2.45, 2.75) is 17.9 Å². The maximum atomic E-state index is 13.4. The van der Waals surface area contributed by atoms with E-state index in [-0.39, 0.29) is 11.4 Å². The van der Waals surface area contributed by atoms with Gasteiger partial charge in [-0.2, -0.15) is 9.41 Å². The highest BCUT2D eigenvalue weighted by molar-refractivity contribution is 7.89. The third kappa shape index (κ3) is 8.26. The van der Waals surface area contributed by atoms with Crippen molar-refractivity contribution in [3.63, 3.8) is 0 Å². The molecule has 4 rings (SSSR count). The molecule has 0 aliphatic rings. The van der Waals surface area contributed by atoms with Crippen molar-refractivity contribution in [2.75, 3.05) is 20.2 Å². The number of hydrogen-bond donors (Lipinski definition) is 1. The van der Waals surface area contributed by atoms with Crippen LogP contribution < -0.4 is 14.9 Å². The lowest BCUT2D eigenvalue weighted by Gasteiger charge is -2.21. The van der Waals surface area contributed by atoms with Crippen molar-refractivity contribution < 1.29 is 22.7 Å². The fraction of sp³-hybridized carbons (Fsp3) is 0.161. The second-order valence-electron chi connectivity index (χ2n) is 8.89. The van der Waals surface area contributed by atoms with Gasteiger partial charge >= 0.3 is 0 Å². The average molecular weight is 558 g/mol. The standard InChI is InChI=1S/C31H31N3O5S/c1-38-28-15-17-30(18-16-28)40(36,37)34(20-19-25-9-4-2-5-10-25)23-31(35)33-32-22-27-13-8-14-29(21-27)39-24-26-11-6-3-7-12-26/h2-18,21-22H,19-20,23-24H2,1H3,(H,33,35)/b32-22-. The quantitative estimate of drug-likeness (QED) is 0.191. The maximum absolute atomic E-state index is 13.4. The lowest BCUT2D eigenvalue weighted by molar-refractivity contribution is -0.121. The van der Waals surface area contributed by atoms with Crippen LogP contribution in [-0.2, 0) is 27.8 Å². The number of hydrogen-bond acceptors (Lipinski definition) is 6. The van der Waals surface area contributed by atoms with Crippen LogP contribution in [0, 0.1) is 0 Å². The summed E-state index contributed by atoms with van der Waals surface area (Å²) in [6.07, 6.45) is 1.93. The molecule has 0 atom stereocenters. The Balaban J connectivity index is 1.40. The van der Waals surface area contributed by atoms with Gasteiger partial charge < -0.3 is 9.47 Å². The van der Waals surface area contributed by atoms with E-state index in [9.17, 15) is 13.2 Å². The van der Waals surface area contributed by atoms with E-state index in [0.717, 1.165) is 21.0 Å². The Morgan fingerprint density at radius 2 is 1.52 bits per heavy atom. The summed E-state index contributed by atoms with van der Waals surface area (Å²) in [5.41, 5.74) is 5.18. The monoisotopic (exact) mass is 557 g/mol. The van der Waals surface area contributed by atoms with E-state index in [1.807, 2.05) is 78.9 Å². The van der Waals surface area contributed by atoms with Crippen LogP contribution in [0.5, 0.6) is 11.5 Å². The molecule has 0 bridgehead atoms. The molecule has 1 N–H and O–H groups in total. The molecule has 0 unspecified atom stereocenters. The summed E-state index contributed by atoms with van der Waals surface area (Å²) < 4.78 is 39.0. The van der Waals surface area contributed by atoms with Crippen LogP contribution in [0.2, 0.25) is 0 Å². The summed E-state index contributed by atoms with van der Waals surface area (Å²) >= 11 is 0. The number of nitrogens with zero attached hydrogens (tertiary/aromatic N) is 2. The molecule has 0 saturated heterocycles.